The van der Waals surface area contributed by atoms with Crippen molar-refractivity contribution in [3.63, 3.8) is 0 Å². The van der Waals surface area contributed by atoms with E-state index >= 15 is 0 Å². The maximum absolute atomic E-state index is 11.6. The molecule has 0 saturated heterocycles. The zero-order valence-electron chi connectivity index (χ0n) is 8.73. The summed E-state index contributed by atoms with van der Waals surface area (Å²) in [6.07, 6.45) is 3.49. The second kappa shape index (κ2) is 4.53. The Kier molecular flexibility index (Phi) is 3.11. The Morgan fingerprint density at radius 3 is 3.13 bits per heavy atom. The number of carbonyl (C=O) groups excluding carboxylic acids is 1. The Labute approximate surface area is 87.8 Å². The molecule has 2 rings (SSSR count). The quantitative estimate of drug-likeness (QED) is 0.755. The molecule has 0 bridgehead atoms. The van der Waals surface area contributed by atoms with Gasteiger partial charge in [-0.15, -0.1) is 0 Å². The van der Waals surface area contributed by atoms with E-state index in [1.54, 1.807) is 7.11 Å². The number of methoxy groups -OCH3 is 1. The van der Waals surface area contributed by atoms with Crippen molar-refractivity contribution < 1.29 is 14.1 Å². The maximum atomic E-state index is 11.6. The summed E-state index contributed by atoms with van der Waals surface area (Å²) < 4.78 is 9.95. The van der Waals surface area contributed by atoms with Gasteiger partial charge in [0.05, 0.1) is 5.92 Å². The molecule has 1 aliphatic carbocycles. The van der Waals surface area contributed by atoms with Crippen LogP contribution < -0.4 is 0 Å². The Morgan fingerprint density at radius 2 is 2.40 bits per heavy atom. The highest BCUT2D eigenvalue weighted by Crippen LogP contribution is 2.28. The Hall–Kier alpha value is -1.23. The van der Waals surface area contributed by atoms with Crippen LogP contribution in [0.25, 0.3) is 0 Å². The molecule has 0 aromatic carbocycles. The van der Waals surface area contributed by atoms with E-state index < -0.39 is 0 Å². The third-order valence-electron chi connectivity index (χ3n) is 2.61. The summed E-state index contributed by atoms with van der Waals surface area (Å²) in [5.74, 6) is 0.989. The summed E-state index contributed by atoms with van der Waals surface area (Å²) in [4.78, 5) is 15.8. The number of nitrogens with zero attached hydrogens (tertiary/aromatic N) is 2. The van der Waals surface area contributed by atoms with Crippen molar-refractivity contribution in [1.29, 1.82) is 0 Å². The van der Waals surface area contributed by atoms with Gasteiger partial charge in [-0.05, 0) is 12.8 Å². The van der Waals surface area contributed by atoms with Gasteiger partial charge in [0.1, 0.15) is 12.4 Å². The van der Waals surface area contributed by atoms with Crippen molar-refractivity contribution in [2.24, 2.45) is 0 Å². The first-order valence-electron chi connectivity index (χ1n) is 5.15. The van der Waals surface area contributed by atoms with Crippen LogP contribution in [0.15, 0.2) is 4.52 Å². The number of aromatic nitrogens is 2. The Morgan fingerprint density at radius 1 is 1.53 bits per heavy atom. The molecular formula is C10H14N2O3. The van der Waals surface area contributed by atoms with Crippen LogP contribution in [-0.2, 0) is 16.1 Å². The van der Waals surface area contributed by atoms with Crippen LogP contribution in [0.5, 0.6) is 0 Å². The monoisotopic (exact) mass is 210 g/mol. The van der Waals surface area contributed by atoms with Gasteiger partial charge in [0.15, 0.2) is 5.82 Å². The topological polar surface area (TPSA) is 65.2 Å². The number of rotatable bonds is 3. The van der Waals surface area contributed by atoms with Gasteiger partial charge in [0, 0.05) is 13.5 Å². The molecule has 5 nitrogen and oxygen atoms in total. The molecule has 1 atom stereocenters. The molecule has 15 heavy (non-hydrogen) atoms. The summed E-state index contributed by atoms with van der Waals surface area (Å²) in [6.45, 7) is 0.324. The average Bonchev–Trinajstić information content (AvgIpc) is 2.68. The van der Waals surface area contributed by atoms with Gasteiger partial charge in [0.2, 0.25) is 5.89 Å². The van der Waals surface area contributed by atoms with Gasteiger partial charge in [-0.3, -0.25) is 4.79 Å². The standard InChI is InChI=1S/C10H14N2O3/c1-14-6-9-11-10(15-12-9)7-4-2-3-5-8(7)13/h7H,2-6H2,1H3. The second-order valence-corrected chi connectivity index (χ2v) is 3.75. The number of Topliss-reactive ketones (excluding diaryl/α,β-unsaturated/α-hetero) is 1. The summed E-state index contributed by atoms with van der Waals surface area (Å²) >= 11 is 0. The lowest BCUT2D eigenvalue weighted by Gasteiger charge is -2.16. The van der Waals surface area contributed by atoms with Gasteiger partial charge in [-0.2, -0.15) is 4.98 Å². The Bertz CT molecular complexity index is 348. The minimum Gasteiger partial charge on any atom is -0.377 e. The highest BCUT2D eigenvalue weighted by molar-refractivity contribution is 5.85. The first-order valence-corrected chi connectivity index (χ1v) is 5.15. The van der Waals surface area contributed by atoms with Crippen molar-refractivity contribution in [3.05, 3.63) is 11.7 Å². The van der Waals surface area contributed by atoms with Crippen LogP contribution in [-0.4, -0.2) is 23.0 Å². The number of ether oxygens (including phenoxy) is 1. The molecule has 1 aliphatic rings. The smallest absolute Gasteiger partial charge is 0.237 e. The van der Waals surface area contributed by atoms with E-state index in [0.717, 1.165) is 19.3 Å². The summed E-state index contributed by atoms with van der Waals surface area (Å²) in [5, 5.41) is 3.75. The van der Waals surface area contributed by atoms with Crippen molar-refractivity contribution in [3.8, 4) is 0 Å². The third-order valence-corrected chi connectivity index (χ3v) is 2.61. The van der Waals surface area contributed by atoms with E-state index in [1.165, 1.54) is 0 Å². The maximum Gasteiger partial charge on any atom is 0.237 e. The van der Waals surface area contributed by atoms with Crippen LogP contribution in [0.2, 0.25) is 0 Å². The van der Waals surface area contributed by atoms with E-state index in [2.05, 4.69) is 10.1 Å². The molecule has 1 aromatic rings. The highest BCUT2D eigenvalue weighted by atomic mass is 16.5. The van der Waals surface area contributed by atoms with Gasteiger partial charge >= 0.3 is 0 Å². The number of carbonyl (C=O) groups is 1. The molecular weight excluding hydrogens is 196 g/mol. The highest BCUT2D eigenvalue weighted by Gasteiger charge is 2.28. The summed E-state index contributed by atoms with van der Waals surface area (Å²) in [6, 6.07) is 0. The third kappa shape index (κ3) is 2.23. The lowest BCUT2D eigenvalue weighted by molar-refractivity contribution is -0.122. The van der Waals surface area contributed by atoms with Crippen molar-refractivity contribution in [2.45, 2.75) is 38.2 Å². The lowest BCUT2D eigenvalue weighted by Crippen LogP contribution is -2.17. The molecule has 5 heteroatoms. The Balaban J connectivity index is 2.10. The first-order chi connectivity index (χ1) is 7.31. The van der Waals surface area contributed by atoms with Gasteiger partial charge in [-0.1, -0.05) is 11.6 Å². The zero-order valence-corrected chi connectivity index (χ0v) is 8.73. The normalized spacial score (nSPS) is 21.9. The van der Waals surface area contributed by atoms with Crippen LogP contribution in [0.1, 0.15) is 43.3 Å². The van der Waals surface area contributed by atoms with Crippen LogP contribution >= 0.6 is 0 Å². The molecule has 0 N–H and O–H groups in total. The van der Waals surface area contributed by atoms with Gasteiger partial charge in [0.25, 0.3) is 0 Å². The van der Waals surface area contributed by atoms with Crippen LogP contribution in [0.4, 0.5) is 0 Å². The summed E-state index contributed by atoms with van der Waals surface area (Å²) in [5.41, 5.74) is 0. The minimum absolute atomic E-state index is 0.183. The molecule has 1 saturated carbocycles. The fourth-order valence-corrected chi connectivity index (χ4v) is 1.84. The molecule has 1 aromatic heterocycles. The number of hydrogen-bond acceptors (Lipinski definition) is 5. The molecule has 1 fully saturated rings. The van der Waals surface area contributed by atoms with Crippen LogP contribution in [0.3, 0.4) is 0 Å². The fraction of sp³-hybridized carbons (Fsp3) is 0.700. The molecule has 0 radical (unpaired) electrons. The number of hydrogen-bond donors (Lipinski definition) is 0. The second-order valence-electron chi connectivity index (χ2n) is 3.75. The zero-order chi connectivity index (χ0) is 10.7. The van der Waals surface area contributed by atoms with Gasteiger partial charge in [-0.25, -0.2) is 0 Å². The largest absolute Gasteiger partial charge is 0.377 e. The van der Waals surface area contributed by atoms with E-state index in [-0.39, 0.29) is 11.7 Å². The first kappa shape index (κ1) is 10.3. The predicted molar refractivity (Wildman–Crippen MR) is 51.2 cm³/mol. The molecule has 0 spiro atoms. The van der Waals surface area contributed by atoms with Crippen molar-refractivity contribution in [1.82, 2.24) is 10.1 Å². The fourth-order valence-electron chi connectivity index (χ4n) is 1.84. The van der Waals surface area contributed by atoms with E-state index in [9.17, 15) is 4.79 Å². The van der Waals surface area contributed by atoms with Crippen molar-refractivity contribution in [2.75, 3.05) is 7.11 Å². The minimum atomic E-state index is -0.183. The lowest BCUT2D eigenvalue weighted by atomic mass is 9.88. The molecule has 0 aliphatic heterocycles. The van der Waals surface area contributed by atoms with Gasteiger partial charge < -0.3 is 9.26 Å². The molecule has 82 valence electrons. The SMILES string of the molecule is COCc1noc(C2CCCCC2=O)n1. The van der Waals surface area contributed by atoms with E-state index in [4.69, 9.17) is 9.26 Å². The van der Waals surface area contributed by atoms with E-state index in [1.807, 2.05) is 0 Å². The molecule has 1 unspecified atom stereocenters. The van der Waals surface area contributed by atoms with E-state index in [0.29, 0.717) is 24.7 Å². The average molecular weight is 210 g/mol. The molecule has 1 heterocycles. The van der Waals surface area contributed by atoms with Crippen LogP contribution in [0, 0.1) is 0 Å². The summed E-state index contributed by atoms with van der Waals surface area (Å²) in [7, 11) is 1.57. The predicted octanol–water partition coefficient (Wildman–Crippen LogP) is 1.44. The number of ketones is 1. The molecule has 0 amide bonds. The van der Waals surface area contributed by atoms with Crippen molar-refractivity contribution >= 4 is 5.78 Å².